The highest BCUT2D eigenvalue weighted by atomic mass is 16.5. The van der Waals surface area contributed by atoms with Crippen molar-refractivity contribution < 1.29 is 9.84 Å². The van der Waals surface area contributed by atoms with Gasteiger partial charge in [-0.3, -0.25) is 9.80 Å². The van der Waals surface area contributed by atoms with Gasteiger partial charge in [-0.2, -0.15) is 5.26 Å². The maximum absolute atomic E-state index is 10.3. The van der Waals surface area contributed by atoms with Crippen molar-refractivity contribution in [2.45, 2.75) is 12.6 Å². The van der Waals surface area contributed by atoms with Gasteiger partial charge >= 0.3 is 0 Å². The second-order valence-corrected chi connectivity index (χ2v) is 7.72. The van der Waals surface area contributed by atoms with Crippen molar-refractivity contribution in [1.29, 1.82) is 5.26 Å². The van der Waals surface area contributed by atoms with E-state index in [0.717, 1.165) is 42.9 Å². The third kappa shape index (κ3) is 5.47. The van der Waals surface area contributed by atoms with Gasteiger partial charge < -0.3 is 15.6 Å². The molecule has 1 aliphatic heterocycles. The monoisotopic (exact) mass is 418 g/mol. The van der Waals surface area contributed by atoms with Crippen LogP contribution in [0.2, 0.25) is 0 Å². The van der Waals surface area contributed by atoms with Crippen LogP contribution in [-0.2, 0) is 6.54 Å². The van der Waals surface area contributed by atoms with E-state index in [9.17, 15) is 5.11 Å². The number of anilines is 1. The Kier molecular flexibility index (Phi) is 6.57. The third-order valence-electron chi connectivity index (χ3n) is 5.40. The quantitative estimate of drug-likeness (QED) is 0.596. The smallest absolute Gasteiger partial charge is 0.145 e. The van der Waals surface area contributed by atoms with Gasteiger partial charge in [-0.05, 0) is 36.4 Å². The van der Waals surface area contributed by atoms with Crippen molar-refractivity contribution in [3.8, 4) is 11.8 Å². The fourth-order valence-corrected chi connectivity index (χ4v) is 3.72. The van der Waals surface area contributed by atoms with Crippen LogP contribution >= 0.6 is 0 Å². The molecule has 4 rings (SSSR count). The number of fused-ring (bicyclic) bond motifs is 1. The van der Waals surface area contributed by atoms with Crippen molar-refractivity contribution in [1.82, 2.24) is 19.8 Å². The van der Waals surface area contributed by atoms with E-state index < -0.39 is 6.10 Å². The zero-order chi connectivity index (χ0) is 21.6. The summed E-state index contributed by atoms with van der Waals surface area (Å²) in [6, 6.07) is 16.7. The Balaban J connectivity index is 1.22. The lowest BCUT2D eigenvalue weighted by Crippen LogP contribution is -2.49. The van der Waals surface area contributed by atoms with Gasteiger partial charge in [-0.25, -0.2) is 9.97 Å². The summed E-state index contributed by atoms with van der Waals surface area (Å²) < 4.78 is 5.63. The third-order valence-corrected chi connectivity index (χ3v) is 5.40. The maximum atomic E-state index is 10.3. The van der Waals surface area contributed by atoms with Crippen LogP contribution < -0.4 is 10.5 Å². The fourth-order valence-electron chi connectivity index (χ4n) is 3.72. The number of β-amino-alcohol motifs (C(OH)–C–C–N with tert-alkyl or cyclic N) is 1. The average Bonchev–Trinajstić information content (AvgIpc) is 2.79. The number of hydrogen-bond acceptors (Lipinski definition) is 8. The predicted octanol–water partition coefficient (Wildman–Crippen LogP) is 1.64. The average molecular weight is 419 g/mol. The molecule has 160 valence electrons. The molecule has 8 nitrogen and oxygen atoms in total. The lowest BCUT2D eigenvalue weighted by molar-refractivity contribution is 0.0442. The van der Waals surface area contributed by atoms with E-state index in [1.165, 1.54) is 0 Å². The Labute approximate surface area is 181 Å². The Morgan fingerprint density at radius 2 is 1.74 bits per heavy atom. The normalized spacial score (nSPS) is 16.1. The fraction of sp³-hybridized carbons (Fsp3) is 0.348. The Hall–Kier alpha value is -3.25. The van der Waals surface area contributed by atoms with Crippen LogP contribution in [0.1, 0.15) is 11.4 Å². The number of hydrogen-bond donors (Lipinski definition) is 2. The molecule has 3 aromatic rings. The first-order valence-corrected chi connectivity index (χ1v) is 10.4. The molecule has 0 bridgehead atoms. The largest absolute Gasteiger partial charge is 0.491 e. The molecular weight excluding hydrogens is 392 g/mol. The van der Waals surface area contributed by atoms with Crippen LogP contribution in [0.4, 0.5) is 5.82 Å². The van der Waals surface area contributed by atoms with E-state index in [1.807, 2.05) is 24.3 Å². The van der Waals surface area contributed by atoms with Crippen LogP contribution in [0.25, 0.3) is 10.9 Å². The van der Waals surface area contributed by atoms with E-state index in [2.05, 4.69) is 25.8 Å². The first-order chi connectivity index (χ1) is 15.1. The van der Waals surface area contributed by atoms with Crippen molar-refractivity contribution >= 4 is 16.7 Å². The topological polar surface area (TPSA) is 112 Å². The number of ether oxygens (including phenoxy) is 1. The number of benzene rings is 2. The SMILES string of the molecule is N#Cc1ccc(OCC(O)CN2CCN(Cc3nc(N)c4ccccc4n3)CC2)cc1. The van der Waals surface area contributed by atoms with Crippen LogP contribution in [0.3, 0.4) is 0 Å². The summed E-state index contributed by atoms with van der Waals surface area (Å²) in [5.74, 6) is 1.91. The summed E-state index contributed by atoms with van der Waals surface area (Å²) in [4.78, 5) is 13.6. The first-order valence-electron chi connectivity index (χ1n) is 10.4. The molecule has 1 unspecified atom stereocenters. The number of rotatable bonds is 7. The van der Waals surface area contributed by atoms with E-state index in [0.29, 0.717) is 30.2 Å². The minimum absolute atomic E-state index is 0.219. The molecule has 0 aliphatic carbocycles. The van der Waals surface area contributed by atoms with Gasteiger partial charge in [0.05, 0.1) is 23.7 Å². The summed E-state index contributed by atoms with van der Waals surface area (Å²) in [5.41, 5.74) is 7.55. The molecule has 0 spiro atoms. The van der Waals surface area contributed by atoms with Gasteiger partial charge in [0.2, 0.25) is 0 Å². The van der Waals surface area contributed by atoms with E-state index in [-0.39, 0.29) is 6.61 Å². The summed E-state index contributed by atoms with van der Waals surface area (Å²) in [6.07, 6.45) is -0.578. The lowest BCUT2D eigenvalue weighted by atomic mass is 10.2. The van der Waals surface area contributed by atoms with Crippen LogP contribution in [0.5, 0.6) is 5.75 Å². The second kappa shape index (κ2) is 9.71. The van der Waals surface area contributed by atoms with Gasteiger partial charge in [0.1, 0.15) is 30.1 Å². The van der Waals surface area contributed by atoms with Gasteiger partial charge in [-0.15, -0.1) is 0 Å². The highest BCUT2D eigenvalue weighted by Crippen LogP contribution is 2.18. The molecule has 2 heterocycles. The van der Waals surface area contributed by atoms with Crippen molar-refractivity contribution in [2.75, 3.05) is 45.1 Å². The van der Waals surface area contributed by atoms with Gasteiger partial charge in [0.25, 0.3) is 0 Å². The summed E-state index contributed by atoms with van der Waals surface area (Å²) >= 11 is 0. The molecule has 3 N–H and O–H groups in total. The Bertz CT molecular complexity index is 1060. The number of piperazine rings is 1. The lowest BCUT2D eigenvalue weighted by Gasteiger charge is -2.35. The van der Waals surface area contributed by atoms with Crippen LogP contribution in [-0.4, -0.2) is 70.3 Å². The molecule has 8 heteroatoms. The molecule has 2 aromatic carbocycles. The van der Waals surface area contributed by atoms with Crippen LogP contribution in [0, 0.1) is 11.3 Å². The number of nitrogens with zero attached hydrogens (tertiary/aromatic N) is 5. The number of nitrogens with two attached hydrogens (primary N) is 1. The number of aromatic nitrogens is 2. The zero-order valence-electron chi connectivity index (χ0n) is 17.3. The first kappa shape index (κ1) is 21.0. The summed E-state index contributed by atoms with van der Waals surface area (Å²) in [5, 5.41) is 20.0. The molecular formula is C23H26N6O2. The molecule has 0 radical (unpaired) electrons. The van der Waals surface area contributed by atoms with E-state index >= 15 is 0 Å². The summed E-state index contributed by atoms with van der Waals surface area (Å²) in [7, 11) is 0. The highest BCUT2D eigenvalue weighted by Gasteiger charge is 2.20. The number of nitriles is 1. The highest BCUT2D eigenvalue weighted by molar-refractivity contribution is 5.87. The molecule has 1 saturated heterocycles. The number of aliphatic hydroxyl groups is 1. The maximum Gasteiger partial charge on any atom is 0.145 e. The minimum Gasteiger partial charge on any atom is -0.491 e. The van der Waals surface area contributed by atoms with Gasteiger partial charge in [0, 0.05) is 38.1 Å². The molecule has 1 aromatic heterocycles. The predicted molar refractivity (Wildman–Crippen MR) is 118 cm³/mol. The number of para-hydroxylation sites is 1. The number of aliphatic hydroxyl groups excluding tert-OH is 1. The van der Waals surface area contributed by atoms with Crippen molar-refractivity contribution in [3.05, 3.63) is 59.9 Å². The van der Waals surface area contributed by atoms with Crippen molar-refractivity contribution in [3.63, 3.8) is 0 Å². The Morgan fingerprint density at radius 1 is 1.03 bits per heavy atom. The molecule has 1 aliphatic rings. The molecule has 0 amide bonds. The Morgan fingerprint density at radius 3 is 2.48 bits per heavy atom. The van der Waals surface area contributed by atoms with Crippen LogP contribution in [0.15, 0.2) is 48.5 Å². The van der Waals surface area contributed by atoms with Gasteiger partial charge in [-0.1, -0.05) is 12.1 Å². The van der Waals surface area contributed by atoms with Crippen molar-refractivity contribution in [2.24, 2.45) is 0 Å². The van der Waals surface area contributed by atoms with E-state index in [4.69, 9.17) is 15.7 Å². The number of nitrogen functional groups attached to an aromatic ring is 1. The minimum atomic E-state index is -0.578. The second-order valence-electron chi connectivity index (χ2n) is 7.72. The molecule has 1 atom stereocenters. The van der Waals surface area contributed by atoms with Gasteiger partial charge in [0.15, 0.2) is 0 Å². The molecule has 31 heavy (non-hydrogen) atoms. The standard InChI is InChI=1S/C23H26N6O2/c24-13-17-5-7-19(8-6-17)31-16-18(30)14-28-9-11-29(12-10-28)15-22-26-21-4-2-1-3-20(21)23(25)27-22/h1-8,18,30H,9-12,14-16H2,(H2,25,26,27). The molecule has 1 fully saturated rings. The zero-order valence-corrected chi connectivity index (χ0v) is 17.3. The molecule has 0 saturated carbocycles. The summed E-state index contributed by atoms with van der Waals surface area (Å²) in [6.45, 7) is 4.90. The van der Waals surface area contributed by atoms with E-state index in [1.54, 1.807) is 24.3 Å².